The number of carbonyl (C=O) groups excluding carboxylic acids is 1. The summed E-state index contributed by atoms with van der Waals surface area (Å²) in [5.74, 6) is -14.9. The predicted molar refractivity (Wildman–Crippen MR) is 135 cm³/mol. The lowest BCUT2D eigenvalue weighted by molar-refractivity contribution is 0.0686. The van der Waals surface area contributed by atoms with Crippen molar-refractivity contribution in [2.75, 3.05) is 40.6 Å². The molecule has 0 spiro atoms. The molecule has 3 aromatic rings. The van der Waals surface area contributed by atoms with E-state index in [0.29, 0.717) is 25.6 Å². The van der Waals surface area contributed by atoms with Gasteiger partial charge in [0.1, 0.15) is 36.5 Å². The van der Waals surface area contributed by atoms with E-state index in [9.17, 15) is 31.5 Å². The van der Waals surface area contributed by atoms with Crippen molar-refractivity contribution in [3.63, 3.8) is 0 Å². The summed E-state index contributed by atoms with van der Waals surface area (Å²) in [6, 6.07) is 8.74. The number of ether oxygens (including phenoxy) is 7. The molecule has 0 radical (unpaired) electrons. The van der Waals surface area contributed by atoms with E-state index in [0.717, 1.165) is 0 Å². The van der Waals surface area contributed by atoms with E-state index in [1.807, 2.05) is 0 Å². The second-order valence-electron chi connectivity index (χ2n) is 8.80. The lowest BCUT2D eigenvalue weighted by Crippen LogP contribution is -2.16. The molecule has 1 N–H and O–H groups in total. The van der Waals surface area contributed by atoms with Crippen molar-refractivity contribution in [3.8, 4) is 28.7 Å². The highest BCUT2D eigenvalue weighted by atomic mass is 19.2. The second kappa shape index (κ2) is 13.6. The minimum atomic E-state index is -2.36. The Bertz CT molecular complexity index is 1480. The highest BCUT2D eigenvalue weighted by Crippen LogP contribution is 2.35. The Morgan fingerprint density at radius 1 is 0.721 bits per heavy atom. The zero-order valence-corrected chi connectivity index (χ0v) is 22.5. The average Bonchev–Trinajstić information content (AvgIpc) is 3.95. The minimum absolute atomic E-state index is 0.0587. The molecule has 2 aliphatic heterocycles. The van der Waals surface area contributed by atoms with Crippen molar-refractivity contribution in [3.05, 3.63) is 76.6 Å². The van der Waals surface area contributed by atoms with Gasteiger partial charge in [-0.25, -0.2) is 22.8 Å². The first-order chi connectivity index (χ1) is 20.6. The second-order valence-corrected chi connectivity index (χ2v) is 8.80. The van der Waals surface area contributed by atoms with Gasteiger partial charge in [0.25, 0.3) is 0 Å². The summed E-state index contributed by atoms with van der Waals surface area (Å²) in [5.41, 5.74) is -0.237. The van der Waals surface area contributed by atoms with Gasteiger partial charge in [-0.05, 0) is 24.3 Å². The standard InChI is InChI=1S/C17H11F5O5.C11H12O5/c1-24-9-4-2-3-8(15(9)26-6-7-5-25-7)17(23)27-16-13(21)11(19)10(18)12(20)14(16)22;1-14-9-4-2-3-8(11(12)13)10(9)16-6-7-5-15-7/h2-4,7H,5-6H2,1H3;2-4,7H,5-6H2,1H3,(H,12,13). The maximum Gasteiger partial charge on any atom is 0.347 e. The predicted octanol–water partition coefficient (Wildman–Crippen LogP) is 4.56. The average molecular weight is 614 g/mol. The van der Waals surface area contributed by atoms with Crippen LogP contribution in [0.1, 0.15) is 20.7 Å². The Morgan fingerprint density at radius 2 is 1.14 bits per heavy atom. The van der Waals surface area contributed by atoms with Gasteiger partial charge in [0.2, 0.25) is 34.8 Å². The first-order valence-corrected chi connectivity index (χ1v) is 12.4. The molecule has 5 rings (SSSR count). The quantitative estimate of drug-likeness (QED) is 0.0821. The molecule has 2 heterocycles. The van der Waals surface area contributed by atoms with Crippen molar-refractivity contribution in [2.45, 2.75) is 12.2 Å². The van der Waals surface area contributed by atoms with E-state index >= 15 is 0 Å². The van der Waals surface area contributed by atoms with E-state index in [1.165, 1.54) is 38.5 Å². The number of hydrogen-bond donors (Lipinski definition) is 1. The molecule has 0 aliphatic carbocycles. The summed E-state index contributed by atoms with van der Waals surface area (Å²) in [4.78, 5) is 23.3. The number of aromatic carboxylic acids is 1. The Balaban J connectivity index is 0.000000225. The van der Waals surface area contributed by atoms with Crippen LogP contribution < -0.4 is 23.7 Å². The van der Waals surface area contributed by atoms with Crippen LogP contribution in [-0.4, -0.2) is 69.9 Å². The fourth-order valence-electron chi connectivity index (χ4n) is 3.48. The van der Waals surface area contributed by atoms with E-state index in [-0.39, 0.29) is 47.2 Å². The molecule has 0 bridgehead atoms. The fraction of sp³-hybridized carbons (Fsp3) is 0.286. The van der Waals surface area contributed by atoms with Crippen LogP contribution in [0, 0.1) is 29.1 Å². The van der Waals surface area contributed by atoms with Crippen LogP contribution in [-0.2, 0) is 9.47 Å². The maximum absolute atomic E-state index is 13.7. The molecule has 0 aromatic heterocycles. The molecule has 0 saturated carbocycles. The number of para-hydroxylation sites is 2. The van der Waals surface area contributed by atoms with E-state index < -0.39 is 46.8 Å². The van der Waals surface area contributed by atoms with Gasteiger partial charge >= 0.3 is 11.9 Å². The van der Waals surface area contributed by atoms with Gasteiger partial charge in [-0.1, -0.05) is 12.1 Å². The lowest BCUT2D eigenvalue weighted by atomic mass is 10.2. The number of esters is 1. The van der Waals surface area contributed by atoms with Crippen molar-refractivity contribution >= 4 is 11.9 Å². The van der Waals surface area contributed by atoms with Gasteiger partial charge in [0.15, 0.2) is 23.0 Å². The van der Waals surface area contributed by atoms with E-state index in [4.69, 9.17) is 33.5 Å². The van der Waals surface area contributed by atoms with Gasteiger partial charge in [-0.2, -0.15) is 8.78 Å². The van der Waals surface area contributed by atoms with Crippen LogP contribution in [0.15, 0.2) is 36.4 Å². The molecule has 0 amide bonds. The normalized spacial score (nSPS) is 16.3. The number of epoxide rings is 2. The van der Waals surface area contributed by atoms with Crippen molar-refractivity contribution in [1.82, 2.24) is 0 Å². The first kappa shape index (κ1) is 31.3. The molecule has 43 heavy (non-hydrogen) atoms. The van der Waals surface area contributed by atoms with Gasteiger partial charge in [0.05, 0.1) is 27.4 Å². The monoisotopic (exact) mass is 614 g/mol. The number of rotatable bonds is 11. The molecule has 2 aliphatic rings. The van der Waals surface area contributed by atoms with E-state index in [1.54, 1.807) is 12.1 Å². The Hall–Kier alpha value is -4.63. The largest absolute Gasteiger partial charge is 0.493 e. The first-order valence-electron chi connectivity index (χ1n) is 12.4. The zero-order chi connectivity index (χ0) is 31.3. The van der Waals surface area contributed by atoms with Crippen molar-refractivity contribution < 1.29 is 69.8 Å². The number of halogens is 5. The molecule has 10 nitrogen and oxygen atoms in total. The van der Waals surface area contributed by atoms with Crippen LogP contribution in [0.4, 0.5) is 22.0 Å². The van der Waals surface area contributed by atoms with E-state index in [2.05, 4.69) is 4.74 Å². The van der Waals surface area contributed by atoms with Crippen LogP contribution >= 0.6 is 0 Å². The SMILES string of the molecule is COc1cccc(C(=O)O)c1OCC1CO1.COc1cccc(C(=O)Oc2c(F)c(F)c(F)c(F)c2F)c1OCC1CO1. The number of carboxylic acid groups (broad SMARTS) is 1. The number of hydrogen-bond acceptors (Lipinski definition) is 9. The summed E-state index contributed by atoms with van der Waals surface area (Å²) in [6.07, 6.45) is -0.111. The third kappa shape index (κ3) is 7.42. The highest BCUT2D eigenvalue weighted by molar-refractivity contribution is 5.95. The zero-order valence-electron chi connectivity index (χ0n) is 22.5. The van der Waals surface area contributed by atoms with Crippen LogP contribution in [0.3, 0.4) is 0 Å². The minimum Gasteiger partial charge on any atom is -0.493 e. The van der Waals surface area contributed by atoms with Gasteiger partial charge < -0.3 is 38.3 Å². The smallest absolute Gasteiger partial charge is 0.347 e. The molecular weight excluding hydrogens is 591 g/mol. The maximum atomic E-state index is 13.7. The third-order valence-electron chi connectivity index (χ3n) is 5.84. The number of carboxylic acids is 1. The molecule has 2 unspecified atom stereocenters. The van der Waals surface area contributed by atoms with Gasteiger partial charge in [-0.3, -0.25) is 0 Å². The Kier molecular flexibility index (Phi) is 9.88. The van der Waals surface area contributed by atoms with Crippen molar-refractivity contribution in [1.29, 1.82) is 0 Å². The molecule has 2 fully saturated rings. The van der Waals surface area contributed by atoms with Crippen molar-refractivity contribution in [2.24, 2.45) is 0 Å². The summed E-state index contributed by atoms with van der Waals surface area (Å²) in [7, 11) is 2.76. The molecule has 230 valence electrons. The lowest BCUT2D eigenvalue weighted by Gasteiger charge is -2.14. The van der Waals surface area contributed by atoms with Crippen LogP contribution in [0.2, 0.25) is 0 Å². The molecule has 2 atom stereocenters. The summed E-state index contributed by atoms with van der Waals surface area (Å²) in [6.45, 7) is 1.53. The molecular formula is C28H23F5O10. The Labute approximate surface area is 240 Å². The summed E-state index contributed by atoms with van der Waals surface area (Å²) >= 11 is 0. The highest BCUT2D eigenvalue weighted by Gasteiger charge is 2.31. The molecule has 3 aromatic carbocycles. The summed E-state index contributed by atoms with van der Waals surface area (Å²) in [5, 5.41) is 9.00. The number of methoxy groups -OCH3 is 2. The van der Waals surface area contributed by atoms with Gasteiger partial charge in [0, 0.05) is 0 Å². The third-order valence-corrected chi connectivity index (χ3v) is 5.84. The number of benzene rings is 3. The number of carbonyl (C=O) groups is 2. The van der Waals surface area contributed by atoms with Crippen LogP contribution in [0.5, 0.6) is 28.7 Å². The fourth-order valence-corrected chi connectivity index (χ4v) is 3.48. The molecule has 15 heteroatoms. The summed E-state index contributed by atoms with van der Waals surface area (Å²) < 4.78 is 102. The topological polar surface area (TPSA) is 126 Å². The van der Waals surface area contributed by atoms with Gasteiger partial charge in [-0.15, -0.1) is 0 Å². The van der Waals surface area contributed by atoms with Crippen LogP contribution in [0.25, 0.3) is 0 Å². The Morgan fingerprint density at radius 3 is 1.56 bits per heavy atom. The molecule has 2 saturated heterocycles.